The molecule has 0 saturated carbocycles. The Balaban J connectivity index is 1.39. The molecule has 0 fully saturated rings. The van der Waals surface area contributed by atoms with Crippen LogP contribution in [-0.2, 0) is 18.0 Å². The molecular weight excluding hydrogens is 477 g/mol. The van der Waals surface area contributed by atoms with Gasteiger partial charge >= 0.3 is 13.8 Å². The van der Waals surface area contributed by atoms with E-state index in [1.165, 1.54) is 0 Å². The lowest BCUT2D eigenvalue weighted by Crippen LogP contribution is -2.42. The van der Waals surface area contributed by atoms with Gasteiger partial charge in [-0.2, -0.15) is 0 Å². The van der Waals surface area contributed by atoms with Crippen molar-refractivity contribution in [2.45, 2.75) is 27.1 Å². The minimum Gasteiger partial charge on any atom is -0.443 e. The maximum absolute atomic E-state index is 10.8. The quantitative estimate of drug-likeness (QED) is 0.362. The van der Waals surface area contributed by atoms with Crippen molar-refractivity contribution in [2.24, 2.45) is 0 Å². The van der Waals surface area contributed by atoms with Crippen LogP contribution in [0.15, 0.2) is 84.9 Å². The first kappa shape index (κ1) is 25.6. The van der Waals surface area contributed by atoms with Crippen LogP contribution < -0.4 is 21.9 Å². The van der Waals surface area contributed by atoms with Gasteiger partial charge in [0.2, 0.25) is 0 Å². The molecule has 2 N–H and O–H groups in total. The second-order valence-electron chi connectivity index (χ2n) is 8.81. The molecule has 0 atom stereocenters. The minimum absolute atomic E-state index is 0.398. The van der Waals surface area contributed by atoms with Crippen LogP contribution >= 0.6 is 23.2 Å². The zero-order valence-electron chi connectivity index (χ0n) is 19.7. The number of rotatable bonds is 8. The Kier molecular flexibility index (Phi) is 8.38. The van der Waals surface area contributed by atoms with Crippen LogP contribution in [0.1, 0.15) is 22.3 Å². The molecule has 0 aliphatic heterocycles. The molecule has 0 saturated heterocycles. The Hall–Kier alpha value is -2.53. The normalized spacial score (nSPS) is 10.9. The maximum Gasteiger partial charge on any atom is 0.359 e. The second-order valence-corrected chi connectivity index (χ2v) is 9.62. The molecular formula is C28H26B2Cl2O3. The molecule has 0 unspecified atom stereocenters. The van der Waals surface area contributed by atoms with Crippen molar-refractivity contribution in [3.05, 3.63) is 117 Å². The average Bonchev–Trinajstić information content (AvgIpc) is 2.87. The van der Waals surface area contributed by atoms with E-state index in [0.29, 0.717) is 23.3 Å². The highest BCUT2D eigenvalue weighted by atomic mass is 35.5. The highest BCUT2D eigenvalue weighted by molar-refractivity contribution is 6.79. The third-order valence-electron chi connectivity index (χ3n) is 6.09. The molecule has 0 bridgehead atoms. The van der Waals surface area contributed by atoms with Crippen molar-refractivity contribution < 1.29 is 14.8 Å². The van der Waals surface area contributed by atoms with Crippen LogP contribution in [0.5, 0.6) is 0 Å². The van der Waals surface area contributed by atoms with Gasteiger partial charge in [0.1, 0.15) is 0 Å². The SMILES string of the molecule is Cc1ccc(B(O)c2cccc(COCc3cccc(B(O)c4ccc(C)c(Cl)c4)c3)c2)cc1Cl. The Morgan fingerprint density at radius 1 is 0.600 bits per heavy atom. The first-order valence-electron chi connectivity index (χ1n) is 11.5. The summed E-state index contributed by atoms with van der Waals surface area (Å²) in [4.78, 5) is 0. The lowest BCUT2D eigenvalue weighted by Gasteiger charge is -2.12. The predicted molar refractivity (Wildman–Crippen MR) is 148 cm³/mol. The largest absolute Gasteiger partial charge is 0.443 e. The Morgan fingerprint density at radius 3 is 1.40 bits per heavy atom. The van der Waals surface area contributed by atoms with E-state index in [2.05, 4.69) is 0 Å². The van der Waals surface area contributed by atoms with E-state index < -0.39 is 13.8 Å². The molecule has 0 aliphatic rings. The monoisotopic (exact) mass is 502 g/mol. The molecule has 4 rings (SSSR count). The third kappa shape index (κ3) is 6.38. The van der Waals surface area contributed by atoms with Gasteiger partial charge in [-0.1, -0.05) is 96.0 Å². The molecule has 0 radical (unpaired) electrons. The Morgan fingerprint density at radius 2 is 1.00 bits per heavy atom. The fourth-order valence-electron chi connectivity index (χ4n) is 3.94. The first-order chi connectivity index (χ1) is 16.8. The Bertz CT molecular complexity index is 1230. The predicted octanol–water partition coefficient (Wildman–Crippen LogP) is 3.52. The standard InChI is InChI=1S/C28H26B2Cl2O3/c1-19-9-11-25(15-27(19)31)29(33)23-7-3-5-21(13-23)17-35-18-22-6-4-8-24(14-22)30(34)26-12-10-20(2)28(32)16-26/h3-16,33-34H,17-18H2,1-2H3. The summed E-state index contributed by atoms with van der Waals surface area (Å²) in [5.41, 5.74) is 6.96. The van der Waals surface area contributed by atoms with Crippen molar-refractivity contribution in [2.75, 3.05) is 0 Å². The van der Waals surface area contributed by atoms with Crippen LogP contribution in [-0.4, -0.2) is 23.9 Å². The maximum atomic E-state index is 10.8. The molecule has 35 heavy (non-hydrogen) atoms. The van der Waals surface area contributed by atoms with Gasteiger partial charge in [-0.3, -0.25) is 0 Å². The summed E-state index contributed by atoms with van der Waals surface area (Å²) >= 11 is 12.5. The molecule has 7 heteroatoms. The molecule has 0 aliphatic carbocycles. The van der Waals surface area contributed by atoms with Gasteiger partial charge in [0.15, 0.2) is 0 Å². The van der Waals surface area contributed by atoms with E-state index in [9.17, 15) is 10.0 Å². The van der Waals surface area contributed by atoms with Gasteiger partial charge < -0.3 is 14.8 Å². The van der Waals surface area contributed by atoms with E-state index in [-0.39, 0.29) is 0 Å². The van der Waals surface area contributed by atoms with Crippen LogP contribution in [0, 0.1) is 13.8 Å². The molecule has 0 aromatic heterocycles. The average molecular weight is 503 g/mol. The lowest BCUT2D eigenvalue weighted by molar-refractivity contribution is 0.107. The number of ether oxygens (including phenoxy) is 1. The van der Waals surface area contributed by atoms with Gasteiger partial charge in [0.25, 0.3) is 0 Å². The summed E-state index contributed by atoms with van der Waals surface area (Å²) in [6.45, 7) is 3.14. The van der Waals surface area contributed by atoms with Gasteiger partial charge in [0, 0.05) is 10.0 Å². The van der Waals surface area contributed by atoms with E-state index in [1.54, 1.807) is 12.1 Å². The smallest absolute Gasteiger partial charge is 0.359 e. The summed E-state index contributed by atoms with van der Waals surface area (Å²) in [5.74, 6) is 0. The summed E-state index contributed by atoms with van der Waals surface area (Å²) in [6, 6.07) is 26.6. The second kappa shape index (κ2) is 11.5. The molecule has 3 nitrogen and oxygen atoms in total. The van der Waals surface area contributed by atoms with Gasteiger partial charge in [-0.15, -0.1) is 0 Å². The van der Waals surface area contributed by atoms with Gasteiger partial charge in [-0.25, -0.2) is 0 Å². The van der Waals surface area contributed by atoms with E-state index in [1.807, 2.05) is 86.6 Å². The summed E-state index contributed by atoms with van der Waals surface area (Å²) < 4.78 is 5.95. The fourth-order valence-corrected chi connectivity index (χ4v) is 4.31. The van der Waals surface area contributed by atoms with Crippen molar-refractivity contribution in [3.8, 4) is 0 Å². The highest BCUT2D eigenvalue weighted by Gasteiger charge is 2.19. The van der Waals surface area contributed by atoms with Crippen LogP contribution in [0.2, 0.25) is 10.0 Å². The highest BCUT2D eigenvalue weighted by Crippen LogP contribution is 2.13. The fraction of sp³-hybridized carbons (Fsp3) is 0.143. The van der Waals surface area contributed by atoms with Crippen molar-refractivity contribution in [3.63, 3.8) is 0 Å². The first-order valence-corrected chi connectivity index (χ1v) is 12.2. The summed E-state index contributed by atoms with van der Waals surface area (Å²) in [6.07, 6.45) is 0. The molecule has 4 aromatic rings. The van der Waals surface area contributed by atoms with Crippen LogP contribution in [0.4, 0.5) is 0 Å². The number of hydrogen-bond acceptors (Lipinski definition) is 3. The molecule has 0 heterocycles. The topological polar surface area (TPSA) is 49.7 Å². The van der Waals surface area contributed by atoms with Crippen LogP contribution in [0.3, 0.4) is 0 Å². The van der Waals surface area contributed by atoms with E-state index in [0.717, 1.165) is 44.1 Å². The van der Waals surface area contributed by atoms with Crippen LogP contribution in [0.25, 0.3) is 0 Å². The van der Waals surface area contributed by atoms with Crippen molar-refractivity contribution in [1.29, 1.82) is 0 Å². The number of benzene rings is 4. The minimum atomic E-state index is -0.763. The number of halogens is 2. The molecule has 0 amide bonds. The van der Waals surface area contributed by atoms with E-state index in [4.69, 9.17) is 27.9 Å². The number of hydrogen-bond donors (Lipinski definition) is 2. The van der Waals surface area contributed by atoms with Gasteiger partial charge in [0.05, 0.1) is 13.2 Å². The van der Waals surface area contributed by atoms with Crippen molar-refractivity contribution >= 4 is 58.9 Å². The van der Waals surface area contributed by atoms with E-state index >= 15 is 0 Å². The zero-order valence-corrected chi connectivity index (χ0v) is 21.2. The molecule has 176 valence electrons. The van der Waals surface area contributed by atoms with Crippen molar-refractivity contribution in [1.82, 2.24) is 0 Å². The number of aryl methyl sites for hydroxylation is 2. The molecule has 0 spiro atoms. The molecule has 4 aromatic carbocycles. The summed E-state index contributed by atoms with van der Waals surface area (Å²) in [5, 5.41) is 22.9. The van der Waals surface area contributed by atoms with Gasteiger partial charge in [-0.05, 0) is 70.1 Å². The Labute approximate surface area is 217 Å². The third-order valence-corrected chi connectivity index (χ3v) is 6.91. The lowest BCUT2D eigenvalue weighted by atomic mass is 9.55. The summed E-state index contributed by atoms with van der Waals surface area (Å²) in [7, 11) is 0. The zero-order chi connectivity index (χ0) is 24.9.